The molecule has 2 rings (SSSR count). The Morgan fingerprint density at radius 1 is 0.944 bits per heavy atom. The molecule has 0 atom stereocenters. The summed E-state index contributed by atoms with van der Waals surface area (Å²) in [4.78, 5) is 10.8. The van der Waals surface area contributed by atoms with Crippen LogP contribution in [0.2, 0.25) is 0 Å². The van der Waals surface area contributed by atoms with Gasteiger partial charge < -0.3 is 0 Å². The number of hydrogen-bond donors (Lipinski definition) is 0. The number of carbonyl (C=O) groups excluding carboxylic acids is 1. The van der Waals surface area contributed by atoms with Crippen LogP contribution >= 0.6 is 0 Å². The molecule has 0 aromatic heterocycles. The number of aryl methyl sites for hydroxylation is 2. The minimum Gasteiger partial charge on any atom is -0.298 e. The average Bonchev–Trinajstić information content (AvgIpc) is 2.35. The van der Waals surface area contributed by atoms with E-state index in [2.05, 4.69) is 0 Å². The minimum absolute atomic E-state index is 0.216. The van der Waals surface area contributed by atoms with Gasteiger partial charge in [-0.15, -0.1) is 0 Å². The molecule has 0 saturated carbocycles. The molecule has 92 valence electrons. The summed E-state index contributed by atoms with van der Waals surface area (Å²) < 4.78 is 26.9. The van der Waals surface area contributed by atoms with Gasteiger partial charge in [-0.25, -0.2) is 8.78 Å². The minimum atomic E-state index is -0.483. The van der Waals surface area contributed by atoms with Gasteiger partial charge >= 0.3 is 0 Å². The van der Waals surface area contributed by atoms with Gasteiger partial charge in [-0.2, -0.15) is 0 Å². The van der Waals surface area contributed by atoms with Crippen molar-refractivity contribution in [3.63, 3.8) is 0 Å². The summed E-state index contributed by atoms with van der Waals surface area (Å²) in [6.07, 6.45) is 0.758. The van der Waals surface area contributed by atoms with Crippen molar-refractivity contribution in [2.45, 2.75) is 13.8 Å². The summed E-state index contributed by atoms with van der Waals surface area (Å²) in [5.41, 5.74) is 2.87. The summed E-state index contributed by atoms with van der Waals surface area (Å²) in [7, 11) is 0. The molecule has 2 aromatic rings. The molecule has 0 aliphatic carbocycles. The molecule has 0 amide bonds. The summed E-state index contributed by atoms with van der Waals surface area (Å²) in [6.45, 7) is 3.54. The van der Waals surface area contributed by atoms with Crippen LogP contribution < -0.4 is 0 Å². The number of halogens is 2. The molecule has 0 aliphatic rings. The van der Waals surface area contributed by atoms with Crippen molar-refractivity contribution in [2.24, 2.45) is 0 Å². The molecule has 0 fully saturated rings. The Labute approximate surface area is 104 Å². The Morgan fingerprint density at radius 3 is 2.33 bits per heavy atom. The molecule has 0 heterocycles. The number of carbonyl (C=O) groups is 1. The fraction of sp³-hybridized carbons (Fsp3) is 0.133. The van der Waals surface area contributed by atoms with Crippen LogP contribution in [-0.2, 0) is 0 Å². The van der Waals surface area contributed by atoms with Gasteiger partial charge in [0.1, 0.15) is 17.9 Å². The van der Waals surface area contributed by atoms with Crippen molar-refractivity contribution < 1.29 is 13.6 Å². The third kappa shape index (κ3) is 2.16. The van der Waals surface area contributed by atoms with E-state index in [0.717, 1.165) is 35.6 Å². The molecule has 3 heteroatoms. The van der Waals surface area contributed by atoms with E-state index < -0.39 is 11.6 Å². The van der Waals surface area contributed by atoms with Crippen molar-refractivity contribution in [3.8, 4) is 11.1 Å². The van der Waals surface area contributed by atoms with E-state index in [1.54, 1.807) is 26.0 Å². The van der Waals surface area contributed by atoms with Crippen LogP contribution in [-0.4, -0.2) is 6.29 Å². The molecular formula is C15H12F2O. The van der Waals surface area contributed by atoms with Crippen molar-refractivity contribution in [1.82, 2.24) is 0 Å². The number of benzene rings is 2. The molecule has 0 aliphatic heterocycles. The van der Waals surface area contributed by atoms with Gasteiger partial charge in [-0.05, 0) is 54.8 Å². The van der Waals surface area contributed by atoms with Crippen LogP contribution in [0.25, 0.3) is 11.1 Å². The Bertz CT molecular complexity index is 618. The quantitative estimate of drug-likeness (QED) is 0.730. The highest BCUT2D eigenvalue weighted by molar-refractivity contribution is 5.81. The van der Waals surface area contributed by atoms with E-state index in [1.165, 1.54) is 0 Å². The van der Waals surface area contributed by atoms with Gasteiger partial charge in [0.2, 0.25) is 0 Å². The molecule has 0 spiro atoms. The molecule has 0 saturated heterocycles. The van der Waals surface area contributed by atoms with E-state index in [1.807, 2.05) is 0 Å². The van der Waals surface area contributed by atoms with Crippen molar-refractivity contribution >= 4 is 6.29 Å². The van der Waals surface area contributed by atoms with E-state index in [4.69, 9.17) is 0 Å². The lowest BCUT2D eigenvalue weighted by atomic mass is 9.95. The highest BCUT2D eigenvalue weighted by Crippen LogP contribution is 2.28. The van der Waals surface area contributed by atoms with Crippen LogP contribution in [0.3, 0.4) is 0 Å². The van der Waals surface area contributed by atoms with Crippen LogP contribution in [0, 0.1) is 25.5 Å². The summed E-state index contributed by atoms with van der Waals surface area (Å²) >= 11 is 0. The van der Waals surface area contributed by atoms with E-state index in [-0.39, 0.29) is 5.56 Å². The molecule has 0 radical (unpaired) electrons. The lowest BCUT2D eigenvalue weighted by Crippen LogP contribution is -1.94. The zero-order valence-corrected chi connectivity index (χ0v) is 10.1. The van der Waals surface area contributed by atoms with Crippen molar-refractivity contribution in [3.05, 3.63) is 58.7 Å². The van der Waals surface area contributed by atoms with Gasteiger partial charge in [0.15, 0.2) is 0 Å². The average molecular weight is 246 g/mol. The van der Waals surface area contributed by atoms with E-state index in [0.29, 0.717) is 11.1 Å². The fourth-order valence-electron chi connectivity index (χ4n) is 1.96. The summed E-state index contributed by atoms with van der Waals surface area (Å²) in [5, 5.41) is 0. The maximum Gasteiger partial charge on any atom is 0.150 e. The Kier molecular flexibility index (Phi) is 3.24. The van der Waals surface area contributed by atoms with Gasteiger partial charge in [-0.3, -0.25) is 4.79 Å². The van der Waals surface area contributed by atoms with E-state index >= 15 is 0 Å². The van der Waals surface area contributed by atoms with Crippen LogP contribution in [0.4, 0.5) is 8.78 Å². The maximum absolute atomic E-state index is 13.7. The Hall–Kier alpha value is -2.03. The molecule has 0 bridgehead atoms. The molecular weight excluding hydrogens is 234 g/mol. The molecule has 1 nitrogen and oxygen atoms in total. The molecule has 18 heavy (non-hydrogen) atoms. The van der Waals surface area contributed by atoms with Crippen LogP contribution in [0.1, 0.15) is 21.5 Å². The topological polar surface area (TPSA) is 17.1 Å². The van der Waals surface area contributed by atoms with Crippen LogP contribution in [0.5, 0.6) is 0 Å². The summed E-state index contributed by atoms with van der Waals surface area (Å²) in [5.74, 6) is -0.958. The predicted octanol–water partition coefficient (Wildman–Crippen LogP) is 4.06. The largest absolute Gasteiger partial charge is 0.298 e. The smallest absolute Gasteiger partial charge is 0.150 e. The standard InChI is InChI=1S/C15H12F2O/c1-9-6-13(10(2)5-11(9)8-18)14-7-12(16)3-4-15(14)17/h3-8H,1-2H3. The number of hydrogen-bond acceptors (Lipinski definition) is 1. The first-order chi connectivity index (χ1) is 8.52. The molecule has 2 aromatic carbocycles. The molecule has 0 unspecified atom stereocenters. The van der Waals surface area contributed by atoms with Crippen molar-refractivity contribution in [1.29, 1.82) is 0 Å². The third-order valence-corrected chi connectivity index (χ3v) is 2.96. The highest BCUT2D eigenvalue weighted by Gasteiger charge is 2.11. The normalized spacial score (nSPS) is 10.4. The zero-order chi connectivity index (χ0) is 13.3. The lowest BCUT2D eigenvalue weighted by molar-refractivity contribution is 0.112. The first-order valence-corrected chi connectivity index (χ1v) is 5.55. The molecule has 0 N–H and O–H groups in total. The second kappa shape index (κ2) is 4.69. The second-order valence-corrected chi connectivity index (χ2v) is 4.27. The highest BCUT2D eigenvalue weighted by atomic mass is 19.1. The second-order valence-electron chi connectivity index (χ2n) is 4.27. The maximum atomic E-state index is 13.7. The SMILES string of the molecule is Cc1cc(-c2cc(F)ccc2F)c(C)cc1C=O. The third-order valence-electron chi connectivity index (χ3n) is 2.96. The first kappa shape index (κ1) is 12.4. The summed E-state index contributed by atoms with van der Waals surface area (Å²) in [6, 6.07) is 6.74. The first-order valence-electron chi connectivity index (χ1n) is 5.55. The lowest BCUT2D eigenvalue weighted by Gasteiger charge is -2.10. The number of aldehydes is 1. The van der Waals surface area contributed by atoms with Crippen molar-refractivity contribution in [2.75, 3.05) is 0 Å². The van der Waals surface area contributed by atoms with Gasteiger partial charge in [0.05, 0.1) is 0 Å². The van der Waals surface area contributed by atoms with Gasteiger partial charge in [-0.1, -0.05) is 6.07 Å². The zero-order valence-electron chi connectivity index (χ0n) is 10.1. The fourth-order valence-corrected chi connectivity index (χ4v) is 1.96. The van der Waals surface area contributed by atoms with Gasteiger partial charge in [0.25, 0.3) is 0 Å². The van der Waals surface area contributed by atoms with Crippen LogP contribution in [0.15, 0.2) is 30.3 Å². The number of rotatable bonds is 2. The van der Waals surface area contributed by atoms with E-state index in [9.17, 15) is 13.6 Å². The monoisotopic (exact) mass is 246 g/mol. The predicted molar refractivity (Wildman–Crippen MR) is 66.7 cm³/mol. The van der Waals surface area contributed by atoms with Gasteiger partial charge in [0, 0.05) is 11.1 Å². The Morgan fingerprint density at radius 2 is 1.67 bits per heavy atom. The Balaban J connectivity index is 2.67.